The molecular weight excluding hydrogens is 427 g/mol. The first-order valence-electron chi connectivity index (χ1n) is 12.1. The molecule has 2 heterocycles. The number of halogens is 1. The molecule has 0 radical (unpaired) electrons. The first kappa shape index (κ1) is 22.8. The summed E-state index contributed by atoms with van der Waals surface area (Å²) < 4.78 is 13.4. The van der Waals surface area contributed by atoms with Crippen LogP contribution in [0.2, 0.25) is 0 Å². The van der Waals surface area contributed by atoms with Crippen LogP contribution in [0.15, 0.2) is 72.8 Å². The lowest BCUT2D eigenvalue weighted by Crippen LogP contribution is -2.67. The number of rotatable bonds is 4. The molecule has 5 rings (SSSR count). The van der Waals surface area contributed by atoms with E-state index < -0.39 is 0 Å². The zero-order chi connectivity index (χ0) is 23.7. The molecule has 176 valence electrons. The third-order valence-corrected chi connectivity index (χ3v) is 7.43. The van der Waals surface area contributed by atoms with E-state index in [0.29, 0.717) is 18.7 Å². The van der Waals surface area contributed by atoms with Crippen molar-refractivity contribution in [2.45, 2.75) is 37.8 Å². The van der Waals surface area contributed by atoms with Crippen molar-refractivity contribution < 1.29 is 14.3 Å². The van der Waals surface area contributed by atoms with Crippen molar-refractivity contribution in [3.05, 3.63) is 95.3 Å². The summed E-state index contributed by atoms with van der Waals surface area (Å²) in [6, 6.07) is 23.2. The summed E-state index contributed by atoms with van der Waals surface area (Å²) in [5.74, 6) is -0.226. The van der Waals surface area contributed by atoms with Crippen LogP contribution in [0.5, 0.6) is 0 Å². The van der Waals surface area contributed by atoms with Gasteiger partial charge in [-0.1, -0.05) is 54.1 Å². The van der Waals surface area contributed by atoms with Crippen molar-refractivity contribution in [3.8, 4) is 11.1 Å². The lowest BCUT2D eigenvalue weighted by molar-refractivity contribution is -0.0606. The van der Waals surface area contributed by atoms with Gasteiger partial charge < -0.3 is 10.0 Å². The molecule has 4 nitrogen and oxygen atoms in total. The monoisotopic (exact) mass is 458 g/mol. The Bertz CT molecular complexity index is 1130. The molecule has 0 aliphatic carbocycles. The zero-order valence-electron chi connectivity index (χ0n) is 19.5. The van der Waals surface area contributed by atoms with E-state index in [9.17, 15) is 14.3 Å². The van der Waals surface area contributed by atoms with Crippen LogP contribution >= 0.6 is 0 Å². The maximum atomic E-state index is 13.4. The van der Waals surface area contributed by atoms with Gasteiger partial charge in [0.05, 0.1) is 6.61 Å². The molecule has 1 N–H and O–H groups in total. The molecule has 2 aliphatic heterocycles. The minimum Gasteiger partial charge on any atom is -0.395 e. The highest BCUT2D eigenvalue weighted by atomic mass is 19.1. The third kappa shape index (κ3) is 4.38. The molecular formula is C29H31FN2O2. The lowest BCUT2D eigenvalue weighted by Gasteiger charge is -2.57. The van der Waals surface area contributed by atoms with Gasteiger partial charge in [-0.3, -0.25) is 9.69 Å². The van der Waals surface area contributed by atoms with Gasteiger partial charge in [0.15, 0.2) is 0 Å². The molecule has 3 atom stereocenters. The summed E-state index contributed by atoms with van der Waals surface area (Å²) in [6.45, 7) is 4.43. The van der Waals surface area contributed by atoms with Gasteiger partial charge in [-0.15, -0.1) is 0 Å². The topological polar surface area (TPSA) is 43.8 Å². The molecule has 3 aromatic rings. The number of aryl methyl sites for hydroxylation is 1. The maximum absolute atomic E-state index is 13.4. The standard InChI is InChI=1S/C29H31FN2O2/c1-20-4-6-21(7-5-20)22-8-10-23(11-9-22)28-26-18-31(16-2-3-17-32(26)27(28)19-33)29(34)24-12-14-25(30)15-13-24/h4-15,26-28,33H,2-3,16-19H2,1H3/t26-,27+,28+/m1/s1. The summed E-state index contributed by atoms with van der Waals surface area (Å²) in [7, 11) is 0. The van der Waals surface area contributed by atoms with Gasteiger partial charge in [0.25, 0.3) is 5.91 Å². The van der Waals surface area contributed by atoms with Crippen molar-refractivity contribution in [3.63, 3.8) is 0 Å². The van der Waals surface area contributed by atoms with Crippen molar-refractivity contribution in [2.24, 2.45) is 0 Å². The predicted molar refractivity (Wildman–Crippen MR) is 132 cm³/mol. The average molecular weight is 459 g/mol. The van der Waals surface area contributed by atoms with Crippen LogP contribution in [0.4, 0.5) is 4.39 Å². The van der Waals surface area contributed by atoms with Crippen LogP contribution in [0.1, 0.15) is 40.2 Å². The maximum Gasteiger partial charge on any atom is 0.253 e. The minimum absolute atomic E-state index is 0.0530. The molecule has 0 saturated carbocycles. The van der Waals surface area contributed by atoms with Crippen LogP contribution in [0, 0.1) is 12.7 Å². The zero-order valence-corrected chi connectivity index (χ0v) is 19.5. The van der Waals surface area contributed by atoms with E-state index in [1.165, 1.54) is 34.4 Å². The van der Waals surface area contributed by atoms with Gasteiger partial charge in [0.2, 0.25) is 0 Å². The number of hydrogen-bond acceptors (Lipinski definition) is 3. The van der Waals surface area contributed by atoms with E-state index in [1.807, 2.05) is 4.90 Å². The highest BCUT2D eigenvalue weighted by Crippen LogP contribution is 2.42. The Balaban J connectivity index is 1.38. The van der Waals surface area contributed by atoms with Crippen LogP contribution in [0.3, 0.4) is 0 Å². The summed E-state index contributed by atoms with van der Waals surface area (Å²) >= 11 is 0. The molecule has 3 aromatic carbocycles. The third-order valence-electron chi connectivity index (χ3n) is 7.43. The number of hydrogen-bond donors (Lipinski definition) is 1. The second-order valence-corrected chi connectivity index (χ2v) is 9.53. The molecule has 0 bridgehead atoms. The van der Waals surface area contributed by atoms with Crippen LogP contribution < -0.4 is 0 Å². The van der Waals surface area contributed by atoms with Crippen LogP contribution in [-0.2, 0) is 0 Å². The highest BCUT2D eigenvalue weighted by Gasteiger charge is 2.49. The fraction of sp³-hybridized carbons (Fsp3) is 0.345. The van der Waals surface area contributed by atoms with E-state index in [-0.39, 0.29) is 36.3 Å². The number of carbonyl (C=O) groups excluding carboxylic acids is 1. The quantitative estimate of drug-likeness (QED) is 0.607. The fourth-order valence-corrected chi connectivity index (χ4v) is 5.54. The first-order valence-corrected chi connectivity index (χ1v) is 12.1. The molecule has 2 fully saturated rings. The van der Waals surface area contributed by atoms with E-state index in [0.717, 1.165) is 19.4 Å². The Kier molecular flexibility index (Phi) is 6.48. The number of nitrogens with zero attached hydrogens (tertiary/aromatic N) is 2. The second-order valence-electron chi connectivity index (χ2n) is 9.53. The summed E-state index contributed by atoms with van der Waals surface area (Å²) in [5, 5.41) is 10.2. The largest absolute Gasteiger partial charge is 0.395 e. The summed E-state index contributed by atoms with van der Waals surface area (Å²) in [4.78, 5) is 17.5. The van der Waals surface area contributed by atoms with E-state index in [1.54, 1.807) is 12.1 Å². The Labute approximate surface area is 200 Å². The number of aliphatic hydroxyl groups is 1. The van der Waals surface area contributed by atoms with Crippen LogP contribution in [-0.4, -0.2) is 59.1 Å². The second kappa shape index (κ2) is 9.69. The number of benzene rings is 3. The molecule has 2 aliphatic rings. The van der Waals surface area contributed by atoms with Gasteiger partial charge >= 0.3 is 0 Å². The molecule has 0 unspecified atom stereocenters. The lowest BCUT2D eigenvalue weighted by atomic mass is 9.74. The average Bonchev–Trinajstić information content (AvgIpc) is 2.84. The van der Waals surface area contributed by atoms with Crippen molar-refractivity contribution >= 4 is 5.91 Å². The summed E-state index contributed by atoms with van der Waals surface area (Å²) in [6.07, 6.45) is 1.91. The van der Waals surface area contributed by atoms with E-state index in [2.05, 4.69) is 60.4 Å². The summed E-state index contributed by atoms with van der Waals surface area (Å²) in [5.41, 5.74) is 5.32. The minimum atomic E-state index is -0.339. The normalized spacial score (nSPS) is 22.9. The SMILES string of the molecule is Cc1ccc(-c2ccc([C@H]3[C@H]4CN(C(=O)c5ccc(F)cc5)CCCCN4[C@H]3CO)cc2)cc1. The highest BCUT2D eigenvalue weighted by molar-refractivity contribution is 5.94. The van der Waals surface area contributed by atoms with Gasteiger partial charge in [-0.05, 0) is 67.3 Å². The molecule has 0 aromatic heterocycles. The fourth-order valence-electron chi connectivity index (χ4n) is 5.54. The molecule has 1 amide bonds. The Morgan fingerprint density at radius 1 is 0.912 bits per heavy atom. The van der Waals surface area contributed by atoms with Crippen molar-refractivity contribution in [1.82, 2.24) is 9.80 Å². The smallest absolute Gasteiger partial charge is 0.253 e. The number of fused-ring (bicyclic) bond motifs is 1. The van der Waals surface area contributed by atoms with Crippen molar-refractivity contribution in [1.29, 1.82) is 0 Å². The van der Waals surface area contributed by atoms with E-state index in [4.69, 9.17) is 0 Å². The first-order chi connectivity index (χ1) is 16.5. The molecule has 34 heavy (non-hydrogen) atoms. The number of aliphatic hydroxyl groups excluding tert-OH is 1. The van der Waals surface area contributed by atoms with Gasteiger partial charge in [-0.25, -0.2) is 4.39 Å². The predicted octanol–water partition coefficient (Wildman–Crippen LogP) is 4.87. The van der Waals surface area contributed by atoms with Gasteiger partial charge in [0, 0.05) is 36.7 Å². The Morgan fingerprint density at radius 2 is 1.53 bits per heavy atom. The molecule has 5 heteroatoms. The molecule has 2 saturated heterocycles. The van der Waals surface area contributed by atoms with Crippen molar-refractivity contribution in [2.75, 3.05) is 26.2 Å². The number of carbonyl (C=O) groups is 1. The van der Waals surface area contributed by atoms with Gasteiger partial charge in [0.1, 0.15) is 5.82 Å². The number of amides is 1. The molecule has 0 spiro atoms. The Hall–Kier alpha value is -3.02. The van der Waals surface area contributed by atoms with Gasteiger partial charge in [-0.2, -0.15) is 0 Å². The van der Waals surface area contributed by atoms with E-state index >= 15 is 0 Å². The Morgan fingerprint density at radius 3 is 2.18 bits per heavy atom. The van der Waals surface area contributed by atoms with Crippen LogP contribution in [0.25, 0.3) is 11.1 Å².